The van der Waals surface area contributed by atoms with E-state index in [4.69, 9.17) is 5.26 Å². The molecule has 1 aromatic heterocycles. The van der Waals surface area contributed by atoms with Gasteiger partial charge in [-0.1, -0.05) is 30.3 Å². The van der Waals surface area contributed by atoms with Crippen LogP contribution in [0, 0.1) is 11.3 Å². The van der Waals surface area contributed by atoms with E-state index in [1.807, 2.05) is 36.4 Å². The fraction of sp³-hybridized carbons (Fsp3) is 0.0769. The molecule has 0 bridgehead atoms. The lowest BCUT2D eigenvalue weighted by Gasteiger charge is -2.01. The lowest BCUT2D eigenvalue weighted by molar-refractivity contribution is 1.16. The Kier molecular flexibility index (Phi) is 2.84. The van der Waals surface area contributed by atoms with Gasteiger partial charge in [0.25, 0.3) is 0 Å². The molecule has 0 saturated heterocycles. The molecule has 0 spiro atoms. The Bertz CT molecular complexity index is 579. The zero-order chi connectivity index (χ0) is 11.4. The van der Waals surface area contributed by atoms with E-state index in [2.05, 4.69) is 4.98 Å². The molecule has 0 saturated carbocycles. The first-order valence-corrected chi connectivity index (χ1v) is 4.95. The zero-order valence-corrected chi connectivity index (χ0v) is 8.60. The maximum absolute atomic E-state index is 11.6. The number of nitrogens with zero attached hydrogens (tertiary/aromatic N) is 1. The monoisotopic (exact) mass is 210 g/mol. The van der Waals surface area contributed by atoms with Gasteiger partial charge in [0.2, 0.25) is 0 Å². The highest BCUT2D eigenvalue weighted by molar-refractivity contribution is 5.58. The molecule has 0 fully saturated rings. The Morgan fingerprint density at radius 3 is 2.62 bits per heavy atom. The van der Waals surface area contributed by atoms with Crippen LogP contribution >= 0.6 is 0 Å². The molecule has 3 nitrogen and oxygen atoms in total. The van der Waals surface area contributed by atoms with E-state index in [9.17, 15) is 4.79 Å². The Morgan fingerprint density at radius 1 is 1.25 bits per heavy atom. The van der Waals surface area contributed by atoms with Gasteiger partial charge in [-0.3, -0.25) is 4.79 Å². The minimum absolute atomic E-state index is 0.0980. The van der Waals surface area contributed by atoms with Crippen LogP contribution in [0.25, 0.3) is 11.3 Å². The smallest absolute Gasteiger partial charge is 0.186 e. The van der Waals surface area contributed by atoms with Crippen LogP contribution < -0.4 is 5.43 Å². The molecule has 0 aliphatic heterocycles. The predicted molar refractivity (Wildman–Crippen MR) is 61.8 cm³/mol. The summed E-state index contributed by atoms with van der Waals surface area (Å²) in [6.45, 7) is 0. The molecule has 16 heavy (non-hydrogen) atoms. The van der Waals surface area contributed by atoms with Gasteiger partial charge in [0.1, 0.15) is 0 Å². The molecule has 0 aliphatic rings. The summed E-state index contributed by atoms with van der Waals surface area (Å²) in [7, 11) is 0. The maximum Gasteiger partial charge on any atom is 0.186 e. The van der Waals surface area contributed by atoms with Crippen LogP contribution in [-0.4, -0.2) is 4.98 Å². The van der Waals surface area contributed by atoms with Gasteiger partial charge in [0, 0.05) is 23.5 Å². The van der Waals surface area contributed by atoms with Crippen molar-refractivity contribution in [1.82, 2.24) is 4.98 Å². The first-order valence-electron chi connectivity index (χ1n) is 4.95. The van der Waals surface area contributed by atoms with Crippen molar-refractivity contribution in [2.45, 2.75) is 6.42 Å². The van der Waals surface area contributed by atoms with E-state index in [0.717, 1.165) is 11.3 Å². The maximum atomic E-state index is 11.6. The van der Waals surface area contributed by atoms with E-state index < -0.39 is 0 Å². The average molecular weight is 210 g/mol. The highest BCUT2D eigenvalue weighted by Crippen LogP contribution is 2.13. The summed E-state index contributed by atoms with van der Waals surface area (Å²) in [4.78, 5) is 14.7. The minimum Gasteiger partial charge on any atom is -0.361 e. The summed E-state index contributed by atoms with van der Waals surface area (Å²) in [6, 6.07) is 13.1. The van der Waals surface area contributed by atoms with Crippen molar-refractivity contribution in [2.75, 3.05) is 0 Å². The second kappa shape index (κ2) is 4.45. The van der Waals surface area contributed by atoms with Crippen LogP contribution in [0.4, 0.5) is 0 Å². The van der Waals surface area contributed by atoms with Gasteiger partial charge < -0.3 is 4.98 Å². The Hall–Kier alpha value is -2.34. The summed E-state index contributed by atoms with van der Waals surface area (Å²) in [5, 5.41) is 8.53. The summed E-state index contributed by atoms with van der Waals surface area (Å²) in [5.41, 5.74) is 2.14. The molecule has 0 unspecified atom stereocenters. The molecule has 1 heterocycles. The third-order valence-corrected chi connectivity index (χ3v) is 2.35. The topological polar surface area (TPSA) is 56.6 Å². The zero-order valence-electron chi connectivity index (χ0n) is 8.60. The molecular weight excluding hydrogens is 200 g/mol. The first-order chi connectivity index (χ1) is 7.81. The molecule has 78 valence electrons. The van der Waals surface area contributed by atoms with Gasteiger partial charge in [-0.2, -0.15) is 5.26 Å². The number of nitriles is 1. The fourth-order valence-electron chi connectivity index (χ4n) is 1.51. The molecule has 2 aromatic rings. The van der Waals surface area contributed by atoms with Gasteiger partial charge in [-0.25, -0.2) is 0 Å². The quantitative estimate of drug-likeness (QED) is 0.825. The first kappa shape index (κ1) is 10.2. The van der Waals surface area contributed by atoms with Crippen molar-refractivity contribution in [3.05, 3.63) is 58.4 Å². The Labute approximate surface area is 93.0 Å². The van der Waals surface area contributed by atoms with Gasteiger partial charge in [-0.05, 0) is 5.56 Å². The number of benzene rings is 1. The summed E-state index contributed by atoms with van der Waals surface area (Å²) >= 11 is 0. The highest BCUT2D eigenvalue weighted by atomic mass is 16.1. The van der Waals surface area contributed by atoms with Crippen LogP contribution in [0.1, 0.15) is 5.56 Å². The fourth-order valence-corrected chi connectivity index (χ4v) is 1.51. The summed E-state index contributed by atoms with van der Waals surface area (Å²) in [6.07, 6.45) is 1.75. The number of hydrogen-bond acceptors (Lipinski definition) is 2. The third kappa shape index (κ3) is 2.01. The molecule has 0 atom stereocenters. The molecule has 0 radical (unpaired) electrons. The van der Waals surface area contributed by atoms with Crippen LogP contribution in [-0.2, 0) is 6.42 Å². The van der Waals surface area contributed by atoms with E-state index in [0.29, 0.717) is 5.56 Å². The van der Waals surface area contributed by atoms with Crippen molar-refractivity contribution in [2.24, 2.45) is 0 Å². The van der Waals surface area contributed by atoms with Gasteiger partial charge in [0.05, 0.1) is 12.5 Å². The van der Waals surface area contributed by atoms with Gasteiger partial charge in [0.15, 0.2) is 5.43 Å². The van der Waals surface area contributed by atoms with Crippen LogP contribution in [0.3, 0.4) is 0 Å². The van der Waals surface area contributed by atoms with E-state index >= 15 is 0 Å². The average Bonchev–Trinajstić information content (AvgIpc) is 2.33. The molecule has 1 aromatic carbocycles. The van der Waals surface area contributed by atoms with E-state index in [1.54, 1.807) is 6.20 Å². The van der Waals surface area contributed by atoms with Crippen LogP contribution in [0.15, 0.2) is 47.4 Å². The number of aromatic nitrogens is 1. The van der Waals surface area contributed by atoms with Crippen molar-refractivity contribution in [1.29, 1.82) is 5.26 Å². The number of hydrogen-bond donors (Lipinski definition) is 1. The number of rotatable bonds is 2. The molecule has 0 aliphatic carbocycles. The lowest BCUT2D eigenvalue weighted by atomic mass is 10.1. The Morgan fingerprint density at radius 2 is 2.00 bits per heavy atom. The summed E-state index contributed by atoms with van der Waals surface area (Å²) < 4.78 is 0. The SMILES string of the molecule is N#CCc1c[nH]c(-c2ccccc2)cc1=O. The van der Waals surface area contributed by atoms with Crippen molar-refractivity contribution in [3.63, 3.8) is 0 Å². The van der Waals surface area contributed by atoms with Gasteiger partial charge >= 0.3 is 0 Å². The second-order valence-corrected chi connectivity index (χ2v) is 3.44. The normalized spacial score (nSPS) is 9.69. The second-order valence-electron chi connectivity index (χ2n) is 3.44. The van der Waals surface area contributed by atoms with E-state index in [1.165, 1.54) is 6.07 Å². The third-order valence-electron chi connectivity index (χ3n) is 2.35. The molecule has 2 rings (SSSR count). The molecule has 0 amide bonds. The molecule has 3 heteroatoms. The lowest BCUT2D eigenvalue weighted by Crippen LogP contribution is -2.08. The van der Waals surface area contributed by atoms with E-state index in [-0.39, 0.29) is 11.8 Å². The Balaban J connectivity index is 2.44. The largest absolute Gasteiger partial charge is 0.361 e. The van der Waals surface area contributed by atoms with Crippen LogP contribution in [0.5, 0.6) is 0 Å². The van der Waals surface area contributed by atoms with Gasteiger partial charge in [-0.15, -0.1) is 0 Å². The van der Waals surface area contributed by atoms with Crippen molar-refractivity contribution >= 4 is 0 Å². The van der Waals surface area contributed by atoms with Crippen molar-refractivity contribution < 1.29 is 0 Å². The highest BCUT2D eigenvalue weighted by Gasteiger charge is 2.02. The van der Waals surface area contributed by atoms with Crippen LogP contribution in [0.2, 0.25) is 0 Å². The minimum atomic E-state index is -0.0980. The molecular formula is C13H10N2O. The summed E-state index contributed by atoms with van der Waals surface area (Å²) in [5.74, 6) is 0. The number of aromatic amines is 1. The molecule has 1 N–H and O–H groups in total. The number of pyridine rings is 1. The van der Waals surface area contributed by atoms with Crippen molar-refractivity contribution in [3.8, 4) is 17.3 Å². The standard InChI is InChI=1S/C13H10N2O/c14-7-6-11-9-15-12(8-13(11)16)10-4-2-1-3-5-10/h1-5,8-9H,6H2,(H,15,16). The number of nitrogens with one attached hydrogen (secondary N) is 1. The predicted octanol–water partition coefficient (Wildman–Crippen LogP) is 2.11. The number of H-pyrrole nitrogens is 1.